The first-order chi connectivity index (χ1) is 9.65. The SMILES string of the molecule is Cc1cc(C(=O)N2CCC(Cl)CC2)c2ccccc2n1. The van der Waals surface area contributed by atoms with Crippen LogP contribution in [-0.4, -0.2) is 34.3 Å². The van der Waals surface area contributed by atoms with Crippen LogP contribution in [0.5, 0.6) is 0 Å². The molecule has 0 aliphatic carbocycles. The molecule has 0 bridgehead atoms. The van der Waals surface area contributed by atoms with E-state index in [-0.39, 0.29) is 11.3 Å². The summed E-state index contributed by atoms with van der Waals surface area (Å²) in [5.41, 5.74) is 2.50. The molecule has 1 aliphatic heterocycles. The van der Waals surface area contributed by atoms with Crippen LogP contribution in [0.15, 0.2) is 30.3 Å². The van der Waals surface area contributed by atoms with Crippen molar-refractivity contribution in [3.8, 4) is 0 Å². The number of amides is 1. The summed E-state index contributed by atoms with van der Waals surface area (Å²) in [5, 5.41) is 1.13. The standard InChI is InChI=1S/C16H17ClN2O/c1-11-10-14(13-4-2-3-5-15(13)18-11)16(20)19-8-6-12(17)7-9-19/h2-5,10,12H,6-9H2,1H3. The molecule has 1 aromatic heterocycles. The topological polar surface area (TPSA) is 33.2 Å². The number of hydrogen-bond donors (Lipinski definition) is 0. The Labute approximate surface area is 123 Å². The lowest BCUT2D eigenvalue weighted by Crippen LogP contribution is -2.38. The lowest BCUT2D eigenvalue weighted by atomic mass is 10.0. The number of alkyl halides is 1. The molecule has 2 aromatic rings. The Morgan fingerprint density at radius 2 is 2.00 bits per heavy atom. The van der Waals surface area contributed by atoms with E-state index < -0.39 is 0 Å². The average molecular weight is 289 g/mol. The summed E-state index contributed by atoms with van der Waals surface area (Å²) < 4.78 is 0. The van der Waals surface area contributed by atoms with Gasteiger partial charge in [0.25, 0.3) is 5.91 Å². The van der Waals surface area contributed by atoms with Crippen LogP contribution < -0.4 is 0 Å². The van der Waals surface area contributed by atoms with Crippen LogP contribution in [0.2, 0.25) is 0 Å². The number of carbonyl (C=O) groups excluding carboxylic acids is 1. The number of aryl methyl sites for hydroxylation is 1. The molecule has 1 saturated heterocycles. The zero-order chi connectivity index (χ0) is 14.1. The second kappa shape index (κ2) is 5.41. The Morgan fingerprint density at radius 3 is 2.75 bits per heavy atom. The Hall–Kier alpha value is -1.61. The van der Waals surface area contributed by atoms with Gasteiger partial charge in [0.1, 0.15) is 0 Å². The molecule has 0 atom stereocenters. The summed E-state index contributed by atoms with van der Waals surface area (Å²) in [4.78, 5) is 19.1. The predicted molar refractivity (Wildman–Crippen MR) is 81.3 cm³/mol. The number of para-hydroxylation sites is 1. The van der Waals surface area contributed by atoms with E-state index in [1.54, 1.807) is 0 Å². The monoisotopic (exact) mass is 288 g/mol. The van der Waals surface area contributed by atoms with Gasteiger partial charge < -0.3 is 4.90 Å². The Kier molecular flexibility index (Phi) is 3.62. The van der Waals surface area contributed by atoms with E-state index in [2.05, 4.69) is 4.98 Å². The number of pyridine rings is 1. The fourth-order valence-corrected chi connectivity index (χ4v) is 2.90. The number of likely N-dealkylation sites (tertiary alicyclic amines) is 1. The smallest absolute Gasteiger partial charge is 0.254 e. The third-order valence-corrected chi connectivity index (χ3v) is 4.22. The molecule has 0 unspecified atom stereocenters. The van der Waals surface area contributed by atoms with E-state index in [1.165, 1.54) is 0 Å². The zero-order valence-corrected chi connectivity index (χ0v) is 12.2. The van der Waals surface area contributed by atoms with Crippen LogP contribution in [-0.2, 0) is 0 Å². The second-order valence-corrected chi connectivity index (χ2v) is 5.91. The van der Waals surface area contributed by atoms with Crippen molar-refractivity contribution in [2.75, 3.05) is 13.1 Å². The predicted octanol–water partition coefficient (Wildman–Crippen LogP) is 3.39. The Bertz CT molecular complexity index is 648. The molecule has 1 amide bonds. The van der Waals surface area contributed by atoms with Gasteiger partial charge in [-0.3, -0.25) is 9.78 Å². The molecule has 104 valence electrons. The van der Waals surface area contributed by atoms with Gasteiger partial charge in [0.05, 0.1) is 11.1 Å². The van der Waals surface area contributed by atoms with E-state index in [1.807, 2.05) is 42.2 Å². The van der Waals surface area contributed by atoms with Crippen molar-refractivity contribution < 1.29 is 4.79 Å². The van der Waals surface area contributed by atoms with Crippen LogP contribution >= 0.6 is 11.6 Å². The van der Waals surface area contributed by atoms with E-state index in [0.29, 0.717) is 0 Å². The fourth-order valence-electron chi connectivity index (χ4n) is 2.71. The molecule has 3 nitrogen and oxygen atoms in total. The Balaban J connectivity index is 1.99. The van der Waals surface area contributed by atoms with Crippen LogP contribution in [0.1, 0.15) is 28.9 Å². The molecule has 4 heteroatoms. The van der Waals surface area contributed by atoms with E-state index >= 15 is 0 Å². The maximum Gasteiger partial charge on any atom is 0.254 e. The van der Waals surface area contributed by atoms with Gasteiger partial charge in [0.15, 0.2) is 0 Å². The van der Waals surface area contributed by atoms with Gasteiger partial charge >= 0.3 is 0 Å². The first-order valence-electron chi connectivity index (χ1n) is 6.95. The quantitative estimate of drug-likeness (QED) is 0.754. The van der Waals surface area contributed by atoms with Crippen molar-refractivity contribution in [3.63, 3.8) is 0 Å². The van der Waals surface area contributed by atoms with Crippen LogP contribution in [0.25, 0.3) is 10.9 Å². The highest BCUT2D eigenvalue weighted by atomic mass is 35.5. The van der Waals surface area contributed by atoms with E-state index in [4.69, 9.17) is 11.6 Å². The van der Waals surface area contributed by atoms with Gasteiger partial charge in [-0.2, -0.15) is 0 Å². The fraction of sp³-hybridized carbons (Fsp3) is 0.375. The number of fused-ring (bicyclic) bond motifs is 1. The summed E-state index contributed by atoms with van der Waals surface area (Å²) in [6.07, 6.45) is 1.74. The molecular formula is C16H17ClN2O. The van der Waals surface area contributed by atoms with Crippen molar-refractivity contribution in [2.45, 2.75) is 25.1 Å². The van der Waals surface area contributed by atoms with Gasteiger partial charge in [-0.25, -0.2) is 0 Å². The molecule has 3 rings (SSSR count). The number of hydrogen-bond acceptors (Lipinski definition) is 2. The third-order valence-electron chi connectivity index (χ3n) is 3.79. The van der Waals surface area contributed by atoms with Crippen LogP contribution in [0.4, 0.5) is 0 Å². The van der Waals surface area contributed by atoms with Gasteiger partial charge in [0, 0.05) is 29.5 Å². The van der Waals surface area contributed by atoms with Gasteiger partial charge in [0.2, 0.25) is 0 Å². The summed E-state index contributed by atoms with van der Waals surface area (Å²) in [5.74, 6) is 0.0928. The first kappa shape index (κ1) is 13.4. The van der Waals surface area contributed by atoms with Crippen LogP contribution in [0, 0.1) is 6.92 Å². The van der Waals surface area contributed by atoms with Gasteiger partial charge in [-0.1, -0.05) is 18.2 Å². The van der Waals surface area contributed by atoms with Crippen LogP contribution in [0.3, 0.4) is 0 Å². The lowest BCUT2D eigenvalue weighted by Gasteiger charge is -2.29. The van der Waals surface area contributed by atoms with E-state index in [9.17, 15) is 4.79 Å². The highest BCUT2D eigenvalue weighted by molar-refractivity contribution is 6.20. The van der Waals surface area contributed by atoms with Crippen molar-refractivity contribution in [2.24, 2.45) is 0 Å². The minimum atomic E-state index is 0.0928. The number of halogens is 1. The van der Waals surface area contributed by atoms with Crippen molar-refractivity contribution in [3.05, 3.63) is 41.6 Å². The second-order valence-electron chi connectivity index (χ2n) is 5.30. The number of rotatable bonds is 1. The summed E-state index contributed by atoms with van der Waals surface area (Å²) in [6, 6.07) is 9.69. The highest BCUT2D eigenvalue weighted by Gasteiger charge is 2.23. The summed E-state index contributed by atoms with van der Waals surface area (Å²) in [7, 11) is 0. The zero-order valence-electron chi connectivity index (χ0n) is 11.5. The number of benzene rings is 1. The largest absolute Gasteiger partial charge is 0.339 e. The molecule has 1 fully saturated rings. The lowest BCUT2D eigenvalue weighted by molar-refractivity contribution is 0.0728. The normalized spacial score (nSPS) is 16.6. The molecule has 20 heavy (non-hydrogen) atoms. The van der Waals surface area contributed by atoms with Crippen molar-refractivity contribution >= 4 is 28.4 Å². The molecular weight excluding hydrogens is 272 g/mol. The molecule has 0 N–H and O–H groups in total. The first-order valence-corrected chi connectivity index (χ1v) is 7.38. The highest BCUT2D eigenvalue weighted by Crippen LogP contribution is 2.22. The van der Waals surface area contributed by atoms with E-state index in [0.717, 1.165) is 48.1 Å². The number of carbonyl (C=O) groups is 1. The maximum atomic E-state index is 12.7. The summed E-state index contributed by atoms with van der Waals surface area (Å²) in [6.45, 7) is 3.40. The maximum absolute atomic E-state index is 12.7. The average Bonchev–Trinajstić information content (AvgIpc) is 2.46. The van der Waals surface area contributed by atoms with Crippen molar-refractivity contribution in [1.29, 1.82) is 0 Å². The molecule has 2 heterocycles. The number of nitrogens with zero attached hydrogens (tertiary/aromatic N) is 2. The summed E-state index contributed by atoms with van der Waals surface area (Å²) >= 11 is 6.10. The van der Waals surface area contributed by atoms with Crippen molar-refractivity contribution in [1.82, 2.24) is 9.88 Å². The Morgan fingerprint density at radius 1 is 1.30 bits per heavy atom. The van der Waals surface area contributed by atoms with Gasteiger partial charge in [-0.05, 0) is 31.9 Å². The molecule has 0 saturated carbocycles. The molecule has 1 aromatic carbocycles. The van der Waals surface area contributed by atoms with Gasteiger partial charge in [-0.15, -0.1) is 11.6 Å². The molecule has 0 spiro atoms. The minimum absolute atomic E-state index is 0.0928. The molecule has 0 radical (unpaired) electrons. The number of piperidine rings is 1. The third kappa shape index (κ3) is 2.50. The molecule has 1 aliphatic rings. The minimum Gasteiger partial charge on any atom is -0.339 e. The number of aromatic nitrogens is 1.